The second-order valence-corrected chi connectivity index (χ2v) is 12.4. The van der Waals surface area contributed by atoms with Crippen LogP contribution in [0, 0.1) is 11.8 Å². The highest BCUT2D eigenvalue weighted by molar-refractivity contribution is 8.00. The molecule has 3 rings (SSSR count). The number of ether oxygens (including phenoxy) is 1. The van der Waals surface area contributed by atoms with Crippen LogP contribution in [0.4, 0.5) is 0 Å². The number of likely N-dealkylation sites (N-methyl/N-ethyl adjacent to an activating group) is 1. The summed E-state index contributed by atoms with van der Waals surface area (Å²) in [4.78, 5) is 61.8. The summed E-state index contributed by atoms with van der Waals surface area (Å²) in [6.45, 7) is 2.78. The summed E-state index contributed by atoms with van der Waals surface area (Å²) in [5.41, 5.74) is 1.96. The van der Waals surface area contributed by atoms with E-state index in [9.17, 15) is 34.2 Å². The standard InChI is InChI=1S/C28H43N5O9S/c1-4-10-28(11-9-15-5-6-16(12-29-2)21-20(15)22(28)42-27(21)41)43-13-18(23(35)33-24(36)26(39)40)32-19(34)8-7-17(25(37)38)31-14-30-3/h6,15,17-18,21,24,29-31,36H,4-5,7-14H2,1-3H3,(H,32,34)(H,33,35)(H,37,38)(H,39,40). The van der Waals surface area contributed by atoms with E-state index in [0.29, 0.717) is 25.1 Å². The fourth-order valence-electron chi connectivity index (χ4n) is 5.97. The Balaban J connectivity index is 1.83. The lowest BCUT2D eigenvalue weighted by Gasteiger charge is -2.41. The number of aliphatic hydroxyl groups is 1. The molecule has 0 spiro atoms. The predicted octanol–water partition coefficient (Wildman–Crippen LogP) is -0.351. The molecule has 0 aromatic heterocycles. The molecule has 0 fully saturated rings. The molecule has 0 saturated heterocycles. The van der Waals surface area contributed by atoms with Crippen LogP contribution in [-0.2, 0) is 28.7 Å². The first-order valence-electron chi connectivity index (χ1n) is 14.5. The van der Waals surface area contributed by atoms with Gasteiger partial charge in [-0.2, -0.15) is 0 Å². The van der Waals surface area contributed by atoms with E-state index in [0.717, 1.165) is 30.4 Å². The van der Waals surface area contributed by atoms with Gasteiger partial charge in [-0.05, 0) is 63.3 Å². The van der Waals surface area contributed by atoms with Gasteiger partial charge in [-0.15, -0.1) is 11.8 Å². The highest BCUT2D eigenvalue weighted by Gasteiger charge is 2.53. The van der Waals surface area contributed by atoms with E-state index < -0.39 is 52.7 Å². The first-order chi connectivity index (χ1) is 20.5. The number of aliphatic hydroxyl groups excluding tert-OH is 1. The molecule has 0 saturated carbocycles. The number of nitrogens with one attached hydrogen (secondary N) is 5. The molecule has 0 bridgehead atoms. The summed E-state index contributed by atoms with van der Waals surface area (Å²) in [5.74, 6) is -4.27. The number of carboxylic acid groups (broad SMARTS) is 2. The molecule has 2 amide bonds. The number of esters is 1. The van der Waals surface area contributed by atoms with E-state index in [2.05, 4.69) is 27.3 Å². The third kappa shape index (κ3) is 8.35. The van der Waals surface area contributed by atoms with Crippen LogP contribution < -0.4 is 26.6 Å². The molecule has 2 aliphatic carbocycles. The Morgan fingerprint density at radius 2 is 1.86 bits per heavy atom. The van der Waals surface area contributed by atoms with Gasteiger partial charge in [-0.25, -0.2) is 4.79 Å². The molecule has 3 aliphatic rings. The Kier molecular flexibility index (Phi) is 12.6. The Hall–Kier alpha value is -2.98. The zero-order valence-electron chi connectivity index (χ0n) is 24.7. The van der Waals surface area contributed by atoms with Gasteiger partial charge in [0.05, 0.1) is 4.75 Å². The smallest absolute Gasteiger partial charge is 0.353 e. The van der Waals surface area contributed by atoms with Crippen LogP contribution in [0.5, 0.6) is 0 Å². The van der Waals surface area contributed by atoms with Gasteiger partial charge in [-0.3, -0.25) is 24.5 Å². The van der Waals surface area contributed by atoms with Crippen LogP contribution in [0.3, 0.4) is 0 Å². The predicted molar refractivity (Wildman–Crippen MR) is 157 cm³/mol. The fraction of sp³-hybridized carbons (Fsp3) is 0.679. The number of carboxylic acids is 2. The summed E-state index contributed by atoms with van der Waals surface area (Å²) in [5, 5.41) is 41.5. The zero-order chi connectivity index (χ0) is 31.7. The monoisotopic (exact) mass is 625 g/mol. The van der Waals surface area contributed by atoms with Crippen molar-refractivity contribution in [3.05, 3.63) is 23.0 Å². The number of hydrogen-bond acceptors (Lipinski definition) is 11. The third-order valence-electron chi connectivity index (χ3n) is 8.01. The van der Waals surface area contributed by atoms with Gasteiger partial charge in [0.15, 0.2) is 0 Å². The van der Waals surface area contributed by atoms with Crippen molar-refractivity contribution in [3.8, 4) is 0 Å². The Morgan fingerprint density at radius 3 is 2.49 bits per heavy atom. The summed E-state index contributed by atoms with van der Waals surface area (Å²) < 4.78 is 5.35. The molecule has 6 atom stereocenters. The Morgan fingerprint density at radius 1 is 1.12 bits per heavy atom. The van der Waals surface area contributed by atoms with Crippen molar-refractivity contribution in [1.29, 1.82) is 0 Å². The van der Waals surface area contributed by atoms with Crippen molar-refractivity contribution in [3.63, 3.8) is 0 Å². The van der Waals surface area contributed by atoms with Gasteiger partial charge in [0, 0.05) is 25.4 Å². The maximum atomic E-state index is 13.1. The van der Waals surface area contributed by atoms with Gasteiger partial charge in [0.1, 0.15) is 23.8 Å². The summed E-state index contributed by atoms with van der Waals surface area (Å²) >= 11 is 1.37. The van der Waals surface area contributed by atoms with Gasteiger partial charge < -0.3 is 41.3 Å². The number of hydrogen-bond donors (Lipinski definition) is 8. The maximum absolute atomic E-state index is 13.1. The van der Waals surface area contributed by atoms with E-state index in [-0.39, 0.29) is 37.2 Å². The number of aliphatic carboxylic acids is 2. The number of thioether (sulfide) groups is 1. The van der Waals surface area contributed by atoms with Crippen LogP contribution in [0.15, 0.2) is 23.0 Å². The van der Waals surface area contributed by atoms with Crippen molar-refractivity contribution < 1.29 is 44.0 Å². The molecule has 0 aromatic carbocycles. The SMILES string of the molecule is CCCC1(SCC(NC(=O)CCC(NCNC)C(=O)O)C(=O)NC(O)C(=O)O)CCC2CC=C(CNC)C3C(=O)OC1=C23. The van der Waals surface area contributed by atoms with Crippen molar-refractivity contribution >= 4 is 41.5 Å². The van der Waals surface area contributed by atoms with Gasteiger partial charge >= 0.3 is 17.9 Å². The van der Waals surface area contributed by atoms with Gasteiger partial charge in [0.2, 0.25) is 18.0 Å². The van der Waals surface area contributed by atoms with Crippen LogP contribution in [0.25, 0.3) is 0 Å². The molecule has 240 valence electrons. The van der Waals surface area contributed by atoms with Crippen molar-refractivity contribution in [2.75, 3.05) is 33.1 Å². The lowest BCUT2D eigenvalue weighted by molar-refractivity contribution is -0.151. The summed E-state index contributed by atoms with van der Waals surface area (Å²) in [7, 11) is 3.46. The number of carbonyl (C=O) groups excluding carboxylic acids is 3. The van der Waals surface area contributed by atoms with E-state index in [1.807, 2.05) is 19.3 Å². The molecule has 14 nitrogen and oxygen atoms in total. The largest absolute Gasteiger partial charge is 0.480 e. The molecule has 1 heterocycles. The van der Waals surface area contributed by atoms with E-state index in [1.54, 1.807) is 7.05 Å². The first-order valence-corrected chi connectivity index (χ1v) is 15.5. The topological polar surface area (TPSA) is 215 Å². The average Bonchev–Trinajstić information content (AvgIpc) is 3.32. The molecule has 15 heteroatoms. The third-order valence-corrected chi connectivity index (χ3v) is 9.65. The number of allylic oxidation sites excluding steroid dienone is 1. The Labute approximate surface area is 254 Å². The molecular weight excluding hydrogens is 582 g/mol. The molecule has 43 heavy (non-hydrogen) atoms. The minimum absolute atomic E-state index is 0.00679. The Bertz CT molecular complexity index is 1150. The minimum Gasteiger partial charge on any atom is -0.480 e. The number of carbonyl (C=O) groups is 5. The maximum Gasteiger partial charge on any atom is 0.353 e. The zero-order valence-corrected chi connectivity index (χ0v) is 25.6. The molecule has 0 radical (unpaired) electrons. The van der Waals surface area contributed by atoms with Crippen LogP contribution in [0.1, 0.15) is 51.9 Å². The molecule has 1 aliphatic heterocycles. The second-order valence-electron chi connectivity index (χ2n) is 11.0. The number of amides is 2. The van der Waals surface area contributed by atoms with Gasteiger partial charge in [0.25, 0.3) is 0 Å². The summed E-state index contributed by atoms with van der Waals surface area (Å²) in [6, 6.07) is -2.26. The molecule has 6 unspecified atom stereocenters. The lowest BCUT2D eigenvalue weighted by atomic mass is 9.69. The molecular formula is C28H43N5O9S. The highest BCUT2D eigenvalue weighted by Crippen LogP contribution is 2.56. The second kappa shape index (κ2) is 15.7. The lowest BCUT2D eigenvalue weighted by Crippen LogP contribution is -2.53. The van der Waals surface area contributed by atoms with Crippen LogP contribution in [0.2, 0.25) is 0 Å². The molecule has 8 N–H and O–H groups in total. The fourth-order valence-corrected chi connectivity index (χ4v) is 7.59. The minimum atomic E-state index is -2.18. The van der Waals surface area contributed by atoms with Crippen LogP contribution in [-0.4, -0.2) is 101 Å². The normalized spacial score (nSPS) is 24.7. The first kappa shape index (κ1) is 34.5. The number of rotatable bonds is 18. The highest BCUT2D eigenvalue weighted by atomic mass is 32.2. The van der Waals surface area contributed by atoms with E-state index >= 15 is 0 Å². The van der Waals surface area contributed by atoms with Crippen molar-refractivity contribution in [2.24, 2.45) is 11.8 Å². The van der Waals surface area contributed by atoms with Crippen molar-refractivity contribution in [2.45, 2.75) is 74.9 Å². The van der Waals surface area contributed by atoms with Gasteiger partial charge in [-0.1, -0.05) is 19.4 Å². The van der Waals surface area contributed by atoms with E-state index in [1.165, 1.54) is 11.8 Å². The van der Waals surface area contributed by atoms with Crippen molar-refractivity contribution in [1.82, 2.24) is 26.6 Å². The summed E-state index contributed by atoms with van der Waals surface area (Å²) in [6.07, 6.45) is 3.37. The molecule has 0 aromatic rings. The van der Waals surface area contributed by atoms with E-state index in [4.69, 9.17) is 9.84 Å². The van der Waals surface area contributed by atoms with Crippen LogP contribution >= 0.6 is 11.8 Å². The quantitative estimate of drug-likeness (QED) is 0.0556. The average molecular weight is 626 g/mol.